The standard InChI is InChI=1S/C13H16ClN3/c1-2-16(10-6-7-10)13-11(9-14)17-8-4-3-5-12(17)15-13/h3-5,8,10H,2,6-7,9H2,1H3. The van der Waals surface area contributed by atoms with Crippen LogP contribution >= 0.6 is 11.6 Å². The van der Waals surface area contributed by atoms with Gasteiger partial charge in [-0.25, -0.2) is 4.98 Å². The molecule has 1 fully saturated rings. The first-order valence-corrected chi connectivity index (χ1v) is 6.67. The van der Waals surface area contributed by atoms with E-state index < -0.39 is 0 Å². The third-order valence-corrected chi connectivity index (χ3v) is 3.59. The lowest BCUT2D eigenvalue weighted by atomic mass is 10.4. The molecule has 0 amide bonds. The van der Waals surface area contributed by atoms with Crippen LogP contribution in [0.15, 0.2) is 24.4 Å². The van der Waals surface area contributed by atoms with E-state index in [4.69, 9.17) is 16.6 Å². The summed E-state index contributed by atoms with van der Waals surface area (Å²) < 4.78 is 2.09. The van der Waals surface area contributed by atoms with Crippen molar-refractivity contribution in [3.8, 4) is 0 Å². The van der Waals surface area contributed by atoms with E-state index in [-0.39, 0.29) is 0 Å². The van der Waals surface area contributed by atoms with E-state index in [0.29, 0.717) is 11.9 Å². The van der Waals surface area contributed by atoms with Crippen molar-refractivity contribution in [3.05, 3.63) is 30.1 Å². The molecule has 90 valence electrons. The molecular formula is C13H16ClN3. The third-order valence-electron chi connectivity index (χ3n) is 3.33. The number of imidazole rings is 1. The molecular weight excluding hydrogens is 234 g/mol. The molecule has 0 aromatic carbocycles. The van der Waals surface area contributed by atoms with Crippen LogP contribution < -0.4 is 4.90 Å². The van der Waals surface area contributed by atoms with Gasteiger partial charge in [-0.3, -0.25) is 0 Å². The Hall–Kier alpha value is -1.22. The molecule has 2 aromatic heterocycles. The summed E-state index contributed by atoms with van der Waals surface area (Å²) in [7, 11) is 0. The minimum atomic E-state index is 0.504. The van der Waals surface area contributed by atoms with E-state index in [0.717, 1.165) is 23.7 Å². The highest BCUT2D eigenvalue weighted by molar-refractivity contribution is 6.17. The fourth-order valence-electron chi connectivity index (χ4n) is 2.36. The van der Waals surface area contributed by atoms with E-state index in [1.165, 1.54) is 12.8 Å². The normalized spacial score (nSPS) is 15.4. The Morgan fingerprint density at radius 3 is 2.94 bits per heavy atom. The Morgan fingerprint density at radius 2 is 2.29 bits per heavy atom. The van der Waals surface area contributed by atoms with Gasteiger partial charge in [0.1, 0.15) is 5.65 Å². The number of hydrogen-bond acceptors (Lipinski definition) is 2. The lowest BCUT2D eigenvalue weighted by Gasteiger charge is -2.20. The smallest absolute Gasteiger partial charge is 0.152 e. The van der Waals surface area contributed by atoms with Crippen molar-refractivity contribution in [3.63, 3.8) is 0 Å². The Kier molecular flexibility index (Phi) is 2.71. The average Bonchev–Trinajstić information content (AvgIpc) is 3.11. The molecule has 1 aliphatic carbocycles. The van der Waals surface area contributed by atoms with Crippen molar-refractivity contribution in [1.29, 1.82) is 0 Å². The molecule has 0 N–H and O–H groups in total. The molecule has 0 saturated heterocycles. The Balaban J connectivity index is 2.13. The minimum Gasteiger partial charge on any atom is -0.352 e. The van der Waals surface area contributed by atoms with Crippen molar-refractivity contribution in [2.24, 2.45) is 0 Å². The zero-order valence-corrected chi connectivity index (χ0v) is 10.7. The third kappa shape index (κ3) is 1.78. The summed E-state index contributed by atoms with van der Waals surface area (Å²) in [5, 5.41) is 0. The topological polar surface area (TPSA) is 20.5 Å². The average molecular weight is 250 g/mol. The first kappa shape index (κ1) is 10.9. The Labute approximate surface area is 106 Å². The first-order valence-electron chi connectivity index (χ1n) is 6.13. The van der Waals surface area contributed by atoms with Crippen LogP contribution in [-0.4, -0.2) is 22.0 Å². The predicted molar refractivity (Wildman–Crippen MR) is 70.8 cm³/mol. The van der Waals surface area contributed by atoms with Gasteiger partial charge in [0.05, 0.1) is 11.6 Å². The summed E-state index contributed by atoms with van der Waals surface area (Å²) in [5.41, 5.74) is 2.09. The number of rotatable bonds is 4. The summed E-state index contributed by atoms with van der Waals surface area (Å²) in [5.74, 6) is 1.57. The summed E-state index contributed by atoms with van der Waals surface area (Å²) in [6.45, 7) is 3.18. The second-order valence-electron chi connectivity index (χ2n) is 4.46. The summed E-state index contributed by atoms with van der Waals surface area (Å²) >= 11 is 6.09. The Morgan fingerprint density at radius 1 is 1.47 bits per heavy atom. The molecule has 1 aliphatic rings. The number of pyridine rings is 1. The summed E-state index contributed by atoms with van der Waals surface area (Å²) in [6.07, 6.45) is 4.59. The first-order chi connectivity index (χ1) is 8.35. The molecule has 0 unspecified atom stereocenters. The number of hydrogen-bond donors (Lipinski definition) is 0. The second-order valence-corrected chi connectivity index (χ2v) is 4.73. The summed E-state index contributed by atoms with van der Waals surface area (Å²) in [6, 6.07) is 6.73. The fourth-order valence-corrected chi connectivity index (χ4v) is 2.60. The van der Waals surface area contributed by atoms with Gasteiger partial charge in [-0.1, -0.05) is 6.07 Å². The maximum absolute atomic E-state index is 6.09. The molecule has 0 radical (unpaired) electrons. The predicted octanol–water partition coefficient (Wildman–Crippen LogP) is 3.06. The van der Waals surface area contributed by atoms with Gasteiger partial charge in [0.15, 0.2) is 5.82 Å². The fraction of sp³-hybridized carbons (Fsp3) is 0.462. The molecule has 17 heavy (non-hydrogen) atoms. The van der Waals surface area contributed by atoms with E-state index in [9.17, 15) is 0 Å². The molecule has 2 heterocycles. The van der Waals surface area contributed by atoms with Crippen LogP contribution in [0.3, 0.4) is 0 Å². The van der Waals surface area contributed by atoms with Crippen LogP contribution in [0.4, 0.5) is 5.82 Å². The molecule has 3 rings (SSSR count). The lowest BCUT2D eigenvalue weighted by Crippen LogP contribution is -2.26. The van der Waals surface area contributed by atoms with Crippen molar-refractivity contribution in [1.82, 2.24) is 9.38 Å². The second kappa shape index (κ2) is 4.22. The van der Waals surface area contributed by atoms with Gasteiger partial charge in [0.2, 0.25) is 0 Å². The molecule has 0 bridgehead atoms. The van der Waals surface area contributed by atoms with Gasteiger partial charge in [-0.2, -0.15) is 0 Å². The molecule has 3 nitrogen and oxygen atoms in total. The highest BCUT2D eigenvalue weighted by Crippen LogP contribution is 2.33. The largest absolute Gasteiger partial charge is 0.352 e. The molecule has 4 heteroatoms. The van der Waals surface area contributed by atoms with E-state index in [2.05, 4.69) is 16.2 Å². The van der Waals surface area contributed by atoms with E-state index >= 15 is 0 Å². The van der Waals surface area contributed by atoms with E-state index in [1.807, 2.05) is 24.4 Å². The zero-order valence-electron chi connectivity index (χ0n) is 9.93. The highest BCUT2D eigenvalue weighted by Gasteiger charge is 2.31. The van der Waals surface area contributed by atoms with Crippen LogP contribution in [0, 0.1) is 0 Å². The number of fused-ring (bicyclic) bond motifs is 1. The lowest BCUT2D eigenvalue weighted by molar-refractivity contribution is 0.806. The Bertz CT molecular complexity index is 530. The minimum absolute atomic E-state index is 0.504. The SMILES string of the molecule is CCN(c1nc2ccccn2c1CCl)C1CC1. The number of anilines is 1. The molecule has 2 aromatic rings. The number of aromatic nitrogens is 2. The van der Waals surface area contributed by atoms with Gasteiger partial charge < -0.3 is 9.30 Å². The van der Waals surface area contributed by atoms with Crippen molar-refractivity contribution in [2.45, 2.75) is 31.7 Å². The monoisotopic (exact) mass is 249 g/mol. The number of alkyl halides is 1. The van der Waals surface area contributed by atoms with Crippen LogP contribution in [0.5, 0.6) is 0 Å². The quantitative estimate of drug-likeness (QED) is 0.777. The van der Waals surface area contributed by atoms with Gasteiger partial charge in [-0.15, -0.1) is 11.6 Å². The van der Waals surface area contributed by atoms with Gasteiger partial charge >= 0.3 is 0 Å². The van der Waals surface area contributed by atoms with Crippen LogP contribution in [0.2, 0.25) is 0 Å². The highest BCUT2D eigenvalue weighted by atomic mass is 35.5. The van der Waals surface area contributed by atoms with Crippen molar-refractivity contribution >= 4 is 23.1 Å². The van der Waals surface area contributed by atoms with Crippen LogP contribution in [0.1, 0.15) is 25.5 Å². The molecule has 1 saturated carbocycles. The van der Waals surface area contributed by atoms with Gasteiger partial charge in [-0.05, 0) is 31.9 Å². The number of nitrogens with zero attached hydrogens (tertiary/aromatic N) is 3. The van der Waals surface area contributed by atoms with Gasteiger partial charge in [0, 0.05) is 18.8 Å². The van der Waals surface area contributed by atoms with E-state index in [1.54, 1.807) is 0 Å². The molecule has 0 aliphatic heterocycles. The molecule has 0 spiro atoms. The maximum Gasteiger partial charge on any atom is 0.152 e. The van der Waals surface area contributed by atoms with Crippen molar-refractivity contribution in [2.75, 3.05) is 11.4 Å². The van der Waals surface area contributed by atoms with Crippen LogP contribution in [0.25, 0.3) is 5.65 Å². The van der Waals surface area contributed by atoms with Crippen molar-refractivity contribution < 1.29 is 0 Å². The summed E-state index contributed by atoms with van der Waals surface area (Å²) in [4.78, 5) is 7.10. The zero-order chi connectivity index (χ0) is 11.8. The van der Waals surface area contributed by atoms with Gasteiger partial charge in [0.25, 0.3) is 0 Å². The number of halogens is 1. The maximum atomic E-state index is 6.09. The van der Waals surface area contributed by atoms with Crippen LogP contribution in [-0.2, 0) is 5.88 Å². The molecule has 0 atom stereocenters.